The topological polar surface area (TPSA) is 85.4 Å². The van der Waals surface area contributed by atoms with Crippen LogP contribution in [-0.4, -0.2) is 54.9 Å². The van der Waals surface area contributed by atoms with Crippen LogP contribution < -0.4 is 4.90 Å². The Labute approximate surface area is 213 Å². The number of carbonyl (C=O) groups excluding carboxylic acids is 3. The molecular weight excluding hydrogens is 460 g/mol. The Kier molecular flexibility index (Phi) is 9.33. The van der Waals surface area contributed by atoms with Crippen LogP contribution in [-0.2, 0) is 20.8 Å². The zero-order valence-electron chi connectivity index (χ0n) is 21.6. The van der Waals surface area contributed by atoms with E-state index in [4.69, 9.17) is 14.2 Å². The lowest BCUT2D eigenvalue weighted by molar-refractivity contribution is 0.0185. The van der Waals surface area contributed by atoms with E-state index in [9.17, 15) is 14.4 Å². The van der Waals surface area contributed by atoms with Crippen molar-refractivity contribution in [3.05, 3.63) is 65.7 Å². The molecule has 0 bridgehead atoms. The molecule has 1 fully saturated rings. The fourth-order valence-corrected chi connectivity index (χ4v) is 3.96. The first-order chi connectivity index (χ1) is 17.2. The Bertz CT molecular complexity index is 1010. The molecule has 0 spiro atoms. The number of hydrogen-bond donors (Lipinski definition) is 0. The minimum atomic E-state index is -0.539. The summed E-state index contributed by atoms with van der Waals surface area (Å²) >= 11 is 0. The van der Waals surface area contributed by atoms with Gasteiger partial charge in [-0.15, -0.1) is 0 Å². The number of hydrogen-bond acceptors (Lipinski definition) is 6. The summed E-state index contributed by atoms with van der Waals surface area (Å²) < 4.78 is 16.2. The maximum Gasteiger partial charge on any atom is 0.414 e. The van der Waals surface area contributed by atoms with Crippen molar-refractivity contribution in [3.8, 4) is 0 Å². The van der Waals surface area contributed by atoms with Gasteiger partial charge in [0.15, 0.2) is 0 Å². The number of nitrogens with zero attached hydrogens (tertiary/aromatic N) is 2. The molecule has 8 heteroatoms. The van der Waals surface area contributed by atoms with Crippen molar-refractivity contribution < 1.29 is 28.6 Å². The molecule has 2 aromatic carbocycles. The molecule has 0 radical (unpaired) electrons. The lowest BCUT2D eigenvalue weighted by atomic mass is 9.96. The zero-order valence-corrected chi connectivity index (χ0v) is 21.6. The SMILES string of the molecule is CCOC(=O)c1ccc(N(CC2CCN(C(=O)OC(C)(C)C)CC2)C(=O)OCc2ccccc2)cc1. The number of likely N-dealkylation sites (tertiary alicyclic amines) is 1. The summed E-state index contributed by atoms with van der Waals surface area (Å²) in [6.45, 7) is 9.33. The summed E-state index contributed by atoms with van der Waals surface area (Å²) in [4.78, 5) is 40.9. The van der Waals surface area contributed by atoms with E-state index >= 15 is 0 Å². The Morgan fingerprint density at radius 1 is 0.944 bits per heavy atom. The van der Waals surface area contributed by atoms with E-state index in [1.165, 1.54) is 0 Å². The third kappa shape index (κ3) is 8.00. The predicted octanol–water partition coefficient (Wildman–Crippen LogP) is 5.65. The second-order valence-electron chi connectivity index (χ2n) is 9.83. The van der Waals surface area contributed by atoms with Gasteiger partial charge in [0, 0.05) is 25.3 Å². The van der Waals surface area contributed by atoms with Crippen LogP contribution >= 0.6 is 0 Å². The maximum absolute atomic E-state index is 13.2. The summed E-state index contributed by atoms with van der Waals surface area (Å²) in [6, 6.07) is 16.3. The number of ether oxygens (including phenoxy) is 3. The van der Waals surface area contributed by atoms with E-state index in [-0.39, 0.29) is 18.6 Å². The molecule has 0 aromatic heterocycles. The Morgan fingerprint density at radius 2 is 1.58 bits per heavy atom. The van der Waals surface area contributed by atoms with Crippen LogP contribution in [0, 0.1) is 5.92 Å². The van der Waals surface area contributed by atoms with Crippen molar-refractivity contribution in [1.29, 1.82) is 0 Å². The monoisotopic (exact) mass is 496 g/mol. The van der Waals surface area contributed by atoms with Crippen LogP contribution in [0.25, 0.3) is 0 Å². The summed E-state index contributed by atoms with van der Waals surface area (Å²) in [5.41, 5.74) is 1.41. The first kappa shape index (κ1) is 27.0. The molecule has 2 aromatic rings. The molecule has 0 aliphatic carbocycles. The van der Waals surface area contributed by atoms with Crippen molar-refractivity contribution >= 4 is 23.8 Å². The molecule has 1 aliphatic heterocycles. The number of esters is 1. The summed E-state index contributed by atoms with van der Waals surface area (Å²) in [7, 11) is 0. The standard InChI is InChI=1S/C28H36N2O6/c1-5-34-25(31)23-11-13-24(14-12-23)30(27(33)35-20-22-9-7-6-8-10-22)19-21-15-17-29(18-16-21)26(32)36-28(2,3)4/h6-14,21H,5,15-20H2,1-4H3. The van der Waals surface area contributed by atoms with E-state index < -0.39 is 17.7 Å². The van der Waals surface area contributed by atoms with Crippen molar-refractivity contribution in [3.63, 3.8) is 0 Å². The zero-order chi connectivity index (χ0) is 26.1. The van der Waals surface area contributed by atoms with Crippen molar-refractivity contribution in [2.24, 2.45) is 5.92 Å². The highest BCUT2D eigenvalue weighted by molar-refractivity contribution is 5.92. The van der Waals surface area contributed by atoms with E-state index in [2.05, 4.69) is 0 Å². The minimum absolute atomic E-state index is 0.161. The van der Waals surface area contributed by atoms with Gasteiger partial charge in [-0.2, -0.15) is 0 Å². The quantitative estimate of drug-likeness (QED) is 0.364. The molecule has 194 valence electrons. The highest BCUT2D eigenvalue weighted by atomic mass is 16.6. The Morgan fingerprint density at radius 3 is 2.17 bits per heavy atom. The largest absolute Gasteiger partial charge is 0.462 e. The van der Waals surface area contributed by atoms with Crippen molar-refractivity contribution in [2.45, 2.75) is 52.7 Å². The summed E-state index contributed by atoms with van der Waals surface area (Å²) in [6.07, 6.45) is 0.706. The number of benzene rings is 2. The van der Waals surface area contributed by atoms with Crippen LogP contribution in [0.3, 0.4) is 0 Å². The molecule has 1 aliphatic rings. The molecule has 0 saturated carbocycles. The fraction of sp³-hybridized carbons (Fsp3) is 0.464. The summed E-state index contributed by atoms with van der Waals surface area (Å²) in [5.74, 6) is -0.227. The third-order valence-corrected chi connectivity index (χ3v) is 5.82. The first-order valence-electron chi connectivity index (χ1n) is 12.4. The van der Waals surface area contributed by atoms with Gasteiger partial charge < -0.3 is 19.1 Å². The van der Waals surface area contributed by atoms with Crippen LogP contribution in [0.1, 0.15) is 56.5 Å². The van der Waals surface area contributed by atoms with Gasteiger partial charge in [0.25, 0.3) is 0 Å². The van der Waals surface area contributed by atoms with Gasteiger partial charge in [-0.3, -0.25) is 4.90 Å². The molecule has 0 N–H and O–H groups in total. The van der Waals surface area contributed by atoms with E-state index in [0.29, 0.717) is 37.5 Å². The van der Waals surface area contributed by atoms with E-state index in [0.717, 1.165) is 18.4 Å². The molecule has 8 nitrogen and oxygen atoms in total. The van der Waals surface area contributed by atoms with Gasteiger partial charge in [0.05, 0.1) is 12.2 Å². The van der Waals surface area contributed by atoms with Crippen LogP contribution in [0.2, 0.25) is 0 Å². The van der Waals surface area contributed by atoms with Crippen molar-refractivity contribution in [1.82, 2.24) is 4.90 Å². The van der Waals surface area contributed by atoms with Gasteiger partial charge in [-0.25, -0.2) is 14.4 Å². The van der Waals surface area contributed by atoms with Gasteiger partial charge in [-0.05, 0) is 76.3 Å². The van der Waals surface area contributed by atoms with Gasteiger partial charge >= 0.3 is 18.2 Å². The molecule has 0 atom stereocenters. The molecular formula is C28H36N2O6. The second-order valence-corrected chi connectivity index (χ2v) is 9.83. The number of anilines is 1. The lowest BCUT2D eigenvalue weighted by Gasteiger charge is -2.35. The van der Waals surface area contributed by atoms with Crippen LogP contribution in [0.4, 0.5) is 15.3 Å². The summed E-state index contributed by atoms with van der Waals surface area (Å²) in [5, 5.41) is 0. The van der Waals surface area contributed by atoms with E-state index in [1.54, 1.807) is 41.0 Å². The van der Waals surface area contributed by atoms with Crippen LogP contribution in [0.15, 0.2) is 54.6 Å². The maximum atomic E-state index is 13.2. The van der Waals surface area contributed by atoms with Gasteiger partial charge in [0.1, 0.15) is 12.2 Å². The Hall–Kier alpha value is -3.55. The lowest BCUT2D eigenvalue weighted by Crippen LogP contribution is -2.44. The molecule has 1 heterocycles. The fourth-order valence-electron chi connectivity index (χ4n) is 3.96. The average Bonchev–Trinajstić information content (AvgIpc) is 2.86. The van der Waals surface area contributed by atoms with Crippen LogP contribution in [0.5, 0.6) is 0 Å². The smallest absolute Gasteiger partial charge is 0.414 e. The second kappa shape index (κ2) is 12.4. The average molecular weight is 497 g/mol. The van der Waals surface area contributed by atoms with Gasteiger partial charge in [-0.1, -0.05) is 30.3 Å². The number of amides is 2. The number of carbonyl (C=O) groups is 3. The number of piperidine rings is 1. The number of rotatable bonds is 7. The highest BCUT2D eigenvalue weighted by Gasteiger charge is 2.29. The van der Waals surface area contributed by atoms with E-state index in [1.807, 2.05) is 51.1 Å². The Balaban J connectivity index is 1.68. The third-order valence-electron chi connectivity index (χ3n) is 5.82. The first-order valence-corrected chi connectivity index (χ1v) is 12.4. The molecule has 0 unspecified atom stereocenters. The normalized spacial score (nSPS) is 14.2. The molecule has 3 rings (SSSR count). The molecule has 1 saturated heterocycles. The van der Waals surface area contributed by atoms with Crippen molar-refractivity contribution in [2.75, 3.05) is 31.1 Å². The molecule has 2 amide bonds. The highest BCUT2D eigenvalue weighted by Crippen LogP contribution is 2.25. The minimum Gasteiger partial charge on any atom is -0.462 e. The van der Waals surface area contributed by atoms with Gasteiger partial charge in [0.2, 0.25) is 0 Å². The predicted molar refractivity (Wildman–Crippen MR) is 137 cm³/mol. The molecule has 36 heavy (non-hydrogen) atoms.